The smallest absolute Gasteiger partial charge is 0.258 e. The molecule has 0 aliphatic carbocycles. The molecule has 0 radical (unpaired) electrons. The third-order valence-corrected chi connectivity index (χ3v) is 4.23. The Labute approximate surface area is 168 Å². The zero-order chi connectivity index (χ0) is 21.6. The summed E-state index contributed by atoms with van der Waals surface area (Å²) in [7, 11) is 5.90. The predicted octanol–water partition coefficient (Wildman–Crippen LogP) is 3.44. The zero-order valence-corrected chi connectivity index (χ0v) is 17.0. The molecule has 0 aromatic heterocycles. The molecule has 0 spiro atoms. The van der Waals surface area contributed by atoms with Crippen LogP contribution in [0.25, 0.3) is 0 Å². The van der Waals surface area contributed by atoms with Crippen LogP contribution >= 0.6 is 0 Å². The zero-order valence-electron chi connectivity index (χ0n) is 17.0. The van der Waals surface area contributed by atoms with Crippen molar-refractivity contribution in [1.82, 2.24) is 0 Å². The van der Waals surface area contributed by atoms with Crippen molar-refractivity contribution >= 4 is 17.4 Å². The third-order valence-electron chi connectivity index (χ3n) is 4.23. The Morgan fingerprint density at radius 3 is 2.00 bits per heavy atom. The first kappa shape index (κ1) is 22.0. The molecule has 0 aliphatic heterocycles. The van der Waals surface area contributed by atoms with Crippen LogP contribution in [-0.4, -0.2) is 46.3 Å². The SMILES string of the molecule is COc1ccc(C(=O)Cc2cc(OC)c(OC)c(OC)c2)cc1NC(=O)C(C)F. The lowest BCUT2D eigenvalue weighted by atomic mass is 10.0. The van der Waals surface area contributed by atoms with Gasteiger partial charge in [0.2, 0.25) is 5.75 Å². The summed E-state index contributed by atoms with van der Waals surface area (Å²) in [5.41, 5.74) is 1.21. The van der Waals surface area contributed by atoms with Crippen LogP contribution in [0.2, 0.25) is 0 Å². The van der Waals surface area contributed by atoms with Crippen molar-refractivity contribution in [2.75, 3.05) is 33.8 Å². The van der Waals surface area contributed by atoms with E-state index in [2.05, 4.69) is 5.32 Å². The van der Waals surface area contributed by atoms with Gasteiger partial charge in [0.15, 0.2) is 23.5 Å². The van der Waals surface area contributed by atoms with Crippen LogP contribution in [-0.2, 0) is 11.2 Å². The Kier molecular flexibility index (Phi) is 7.41. The minimum absolute atomic E-state index is 0.0515. The van der Waals surface area contributed by atoms with Crippen molar-refractivity contribution in [2.24, 2.45) is 0 Å². The summed E-state index contributed by atoms with van der Waals surface area (Å²) >= 11 is 0. The molecule has 1 atom stereocenters. The average Bonchev–Trinajstić information content (AvgIpc) is 2.72. The van der Waals surface area contributed by atoms with E-state index in [1.54, 1.807) is 24.3 Å². The van der Waals surface area contributed by atoms with E-state index in [1.165, 1.54) is 34.5 Å². The van der Waals surface area contributed by atoms with Crippen molar-refractivity contribution < 1.29 is 32.9 Å². The number of anilines is 1. The third kappa shape index (κ3) is 5.16. The summed E-state index contributed by atoms with van der Waals surface area (Å²) in [5.74, 6) is 0.594. The number of hydrogen-bond donors (Lipinski definition) is 1. The summed E-state index contributed by atoms with van der Waals surface area (Å²) in [6.07, 6.45) is -1.64. The lowest BCUT2D eigenvalue weighted by Crippen LogP contribution is -2.21. The van der Waals surface area contributed by atoms with Crippen molar-refractivity contribution in [2.45, 2.75) is 19.5 Å². The van der Waals surface area contributed by atoms with E-state index in [1.807, 2.05) is 0 Å². The topological polar surface area (TPSA) is 83.1 Å². The van der Waals surface area contributed by atoms with Gasteiger partial charge in [0.25, 0.3) is 5.91 Å². The molecule has 0 saturated heterocycles. The maximum atomic E-state index is 13.2. The Bertz CT molecular complexity index is 872. The first-order valence-electron chi connectivity index (χ1n) is 8.79. The van der Waals surface area contributed by atoms with Crippen LogP contribution in [0.1, 0.15) is 22.8 Å². The van der Waals surface area contributed by atoms with Gasteiger partial charge >= 0.3 is 0 Å². The number of halogens is 1. The van der Waals surface area contributed by atoms with Gasteiger partial charge in [0.1, 0.15) is 5.75 Å². The van der Waals surface area contributed by atoms with E-state index in [4.69, 9.17) is 18.9 Å². The lowest BCUT2D eigenvalue weighted by Gasteiger charge is -2.14. The van der Waals surface area contributed by atoms with Gasteiger partial charge in [-0.25, -0.2) is 4.39 Å². The second-order valence-corrected chi connectivity index (χ2v) is 6.15. The van der Waals surface area contributed by atoms with Crippen molar-refractivity contribution in [3.8, 4) is 23.0 Å². The van der Waals surface area contributed by atoms with Crippen LogP contribution in [0.15, 0.2) is 30.3 Å². The molecule has 2 rings (SSSR count). The van der Waals surface area contributed by atoms with E-state index in [-0.39, 0.29) is 17.9 Å². The predicted molar refractivity (Wildman–Crippen MR) is 106 cm³/mol. The number of methoxy groups -OCH3 is 4. The van der Waals surface area contributed by atoms with Gasteiger partial charge in [-0.3, -0.25) is 9.59 Å². The number of amides is 1. The molecule has 0 heterocycles. The molecule has 2 aromatic carbocycles. The number of carbonyl (C=O) groups is 2. The van der Waals surface area contributed by atoms with E-state index in [0.717, 1.165) is 6.92 Å². The normalized spacial score (nSPS) is 11.4. The highest BCUT2D eigenvalue weighted by Gasteiger charge is 2.18. The summed E-state index contributed by atoms with van der Waals surface area (Å²) in [4.78, 5) is 24.5. The number of ketones is 1. The number of nitrogens with one attached hydrogen (secondary N) is 1. The quantitative estimate of drug-likeness (QED) is 0.644. The first-order chi connectivity index (χ1) is 13.8. The summed E-state index contributed by atoms with van der Waals surface area (Å²) in [6, 6.07) is 7.96. The first-order valence-corrected chi connectivity index (χ1v) is 8.79. The van der Waals surface area contributed by atoms with E-state index < -0.39 is 12.1 Å². The Morgan fingerprint density at radius 1 is 0.931 bits per heavy atom. The second-order valence-electron chi connectivity index (χ2n) is 6.15. The largest absolute Gasteiger partial charge is 0.495 e. The highest BCUT2D eigenvalue weighted by atomic mass is 19.1. The highest BCUT2D eigenvalue weighted by Crippen LogP contribution is 2.38. The fourth-order valence-electron chi connectivity index (χ4n) is 2.74. The van der Waals surface area contributed by atoms with E-state index in [0.29, 0.717) is 34.1 Å². The van der Waals surface area contributed by atoms with Crippen molar-refractivity contribution in [3.05, 3.63) is 41.5 Å². The van der Waals surface area contributed by atoms with Crippen LogP contribution < -0.4 is 24.3 Å². The molecular formula is C21H24FNO6. The van der Waals surface area contributed by atoms with E-state index in [9.17, 15) is 14.0 Å². The standard InChI is InChI=1S/C21H24FNO6/c1-12(22)21(25)23-15-11-14(6-7-17(15)26-2)16(24)8-13-9-18(27-3)20(29-5)19(10-13)28-4/h6-7,9-12H,8H2,1-5H3,(H,23,25). The molecular weight excluding hydrogens is 381 g/mol. The van der Waals surface area contributed by atoms with Crippen molar-refractivity contribution in [3.63, 3.8) is 0 Å². The van der Waals surface area contributed by atoms with Gasteiger partial charge < -0.3 is 24.3 Å². The molecule has 1 amide bonds. The summed E-state index contributed by atoms with van der Waals surface area (Å²) in [6.45, 7) is 1.13. The number of carbonyl (C=O) groups excluding carboxylic acids is 2. The van der Waals surface area contributed by atoms with Gasteiger partial charge in [-0.15, -0.1) is 0 Å². The van der Waals surface area contributed by atoms with Gasteiger partial charge in [-0.05, 0) is 42.8 Å². The van der Waals surface area contributed by atoms with Gasteiger partial charge in [-0.1, -0.05) is 0 Å². The van der Waals surface area contributed by atoms with Gasteiger partial charge in [0, 0.05) is 12.0 Å². The molecule has 156 valence electrons. The Balaban J connectivity index is 2.32. The fourth-order valence-corrected chi connectivity index (χ4v) is 2.74. The van der Waals surface area contributed by atoms with Crippen LogP contribution in [0.5, 0.6) is 23.0 Å². The number of alkyl halides is 1. The summed E-state index contributed by atoms with van der Waals surface area (Å²) in [5, 5.41) is 2.42. The molecule has 1 unspecified atom stereocenters. The molecule has 0 bridgehead atoms. The fraction of sp³-hybridized carbons (Fsp3) is 0.333. The number of Topliss-reactive ketones (excluding diaryl/α,β-unsaturated/α-hetero) is 1. The number of ether oxygens (including phenoxy) is 4. The molecule has 1 N–H and O–H groups in total. The summed E-state index contributed by atoms with van der Waals surface area (Å²) < 4.78 is 34.3. The van der Waals surface area contributed by atoms with E-state index >= 15 is 0 Å². The Morgan fingerprint density at radius 2 is 1.52 bits per heavy atom. The molecule has 0 aliphatic rings. The maximum absolute atomic E-state index is 13.2. The molecule has 2 aromatic rings. The van der Waals surface area contributed by atoms with Gasteiger partial charge in [0.05, 0.1) is 34.1 Å². The molecule has 0 saturated carbocycles. The Hall–Kier alpha value is -3.29. The number of rotatable bonds is 9. The number of benzene rings is 2. The van der Waals surface area contributed by atoms with Crippen LogP contribution in [0.4, 0.5) is 10.1 Å². The van der Waals surface area contributed by atoms with Crippen LogP contribution in [0.3, 0.4) is 0 Å². The minimum Gasteiger partial charge on any atom is -0.495 e. The van der Waals surface area contributed by atoms with Crippen LogP contribution in [0, 0.1) is 0 Å². The minimum atomic E-state index is -1.70. The lowest BCUT2D eigenvalue weighted by molar-refractivity contribution is -0.120. The average molecular weight is 405 g/mol. The molecule has 8 heteroatoms. The van der Waals surface area contributed by atoms with Gasteiger partial charge in [-0.2, -0.15) is 0 Å². The number of hydrogen-bond acceptors (Lipinski definition) is 6. The second kappa shape index (κ2) is 9.77. The maximum Gasteiger partial charge on any atom is 0.258 e. The monoisotopic (exact) mass is 405 g/mol. The van der Waals surface area contributed by atoms with Crippen molar-refractivity contribution in [1.29, 1.82) is 0 Å². The molecule has 29 heavy (non-hydrogen) atoms. The molecule has 0 fully saturated rings. The highest BCUT2D eigenvalue weighted by molar-refractivity contribution is 6.01. The molecule has 7 nitrogen and oxygen atoms in total.